The molecule has 1 rings (SSSR count). The lowest BCUT2D eigenvalue weighted by molar-refractivity contribution is -0.142. The monoisotopic (exact) mass is 298 g/mol. The van der Waals surface area contributed by atoms with Crippen molar-refractivity contribution in [2.24, 2.45) is 17.6 Å². The van der Waals surface area contributed by atoms with E-state index in [9.17, 15) is 14.7 Å². The first kappa shape index (κ1) is 16.5. The van der Waals surface area contributed by atoms with Crippen molar-refractivity contribution in [2.75, 3.05) is 6.54 Å². The number of rotatable bonds is 6. The van der Waals surface area contributed by atoms with E-state index in [0.717, 1.165) is 0 Å². The molecule has 5 nitrogen and oxygen atoms in total. The van der Waals surface area contributed by atoms with Crippen LogP contribution in [0.1, 0.15) is 25.5 Å². The van der Waals surface area contributed by atoms with Crippen molar-refractivity contribution in [1.29, 1.82) is 0 Å². The lowest BCUT2D eigenvalue weighted by Crippen LogP contribution is -2.42. The number of carbonyl (C=O) groups is 2. The number of hydrogen-bond donors (Lipinski definition) is 3. The van der Waals surface area contributed by atoms with Crippen LogP contribution in [-0.2, 0) is 9.59 Å². The number of amides is 1. The highest BCUT2D eigenvalue weighted by Gasteiger charge is 2.28. The first-order valence-electron chi connectivity index (χ1n) is 6.36. The second kappa shape index (κ2) is 7.26. The molecule has 4 N–H and O–H groups in total. The van der Waals surface area contributed by atoms with Gasteiger partial charge in [0.2, 0.25) is 5.91 Å². The van der Waals surface area contributed by atoms with Gasteiger partial charge in [-0.15, -0.1) is 0 Å². The highest BCUT2D eigenvalue weighted by molar-refractivity contribution is 6.31. The van der Waals surface area contributed by atoms with Crippen molar-refractivity contribution in [2.45, 2.75) is 19.9 Å². The zero-order chi connectivity index (χ0) is 15.3. The summed E-state index contributed by atoms with van der Waals surface area (Å²) in [7, 11) is 0. The molecule has 0 aliphatic heterocycles. The van der Waals surface area contributed by atoms with Crippen LogP contribution in [0.5, 0.6) is 0 Å². The van der Waals surface area contributed by atoms with Crippen molar-refractivity contribution in [3.8, 4) is 0 Å². The van der Waals surface area contributed by atoms with E-state index in [2.05, 4.69) is 5.32 Å². The zero-order valence-corrected chi connectivity index (χ0v) is 12.2. The Kier molecular flexibility index (Phi) is 5.98. The average molecular weight is 299 g/mol. The first-order chi connectivity index (χ1) is 9.38. The number of carbonyl (C=O) groups excluding carboxylic acids is 1. The van der Waals surface area contributed by atoms with Gasteiger partial charge in [-0.2, -0.15) is 0 Å². The van der Waals surface area contributed by atoms with Gasteiger partial charge in [0.15, 0.2) is 6.04 Å². The predicted molar refractivity (Wildman–Crippen MR) is 77.4 cm³/mol. The van der Waals surface area contributed by atoms with Crippen molar-refractivity contribution in [1.82, 2.24) is 5.32 Å². The molecule has 0 bridgehead atoms. The van der Waals surface area contributed by atoms with Gasteiger partial charge in [0.1, 0.15) is 0 Å². The van der Waals surface area contributed by atoms with Gasteiger partial charge in [-0.3, -0.25) is 4.79 Å². The molecule has 2 atom stereocenters. The molecule has 1 unspecified atom stereocenters. The number of aliphatic carboxylic acids is 1. The molecule has 0 fully saturated rings. The largest absolute Gasteiger partial charge is 0.479 e. The van der Waals surface area contributed by atoms with Gasteiger partial charge in [-0.25, -0.2) is 4.79 Å². The third kappa shape index (κ3) is 3.95. The quantitative estimate of drug-likeness (QED) is 0.747. The third-order valence-electron chi connectivity index (χ3n) is 3.15. The third-order valence-corrected chi connectivity index (χ3v) is 3.49. The van der Waals surface area contributed by atoms with Crippen LogP contribution in [0.2, 0.25) is 5.02 Å². The van der Waals surface area contributed by atoms with Crippen LogP contribution in [0.25, 0.3) is 0 Å². The van der Waals surface area contributed by atoms with Gasteiger partial charge in [-0.1, -0.05) is 43.6 Å². The van der Waals surface area contributed by atoms with Crippen LogP contribution in [0.15, 0.2) is 24.3 Å². The number of carboxylic acids is 1. The van der Waals surface area contributed by atoms with Gasteiger partial charge in [0.25, 0.3) is 0 Å². The van der Waals surface area contributed by atoms with Gasteiger partial charge >= 0.3 is 5.97 Å². The van der Waals surface area contributed by atoms with Crippen LogP contribution < -0.4 is 11.1 Å². The Morgan fingerprint density at radius 3 is 2.40 bits per heavy atom. The molecule has 0 saturated heterocycles. The summed E-state index contributed by atoms with van der Waals surface area (Å²) >= 11 is 5.98. The van der Waals surface area contributed by atoms with Crippen LogP contribution in [0.4, 0.5) is 0 Å². The summed E-state index contributed by atoms with van der Waals surface area (Å²) < 4.78 is 0. The fourth-order valence-corrected chi connectivity index (χ4v) is 2.16. The summed E-state index contributed by atoms with van der Waals surface area (Å²) in [4.78, 5) is 23.5. The van der Waals surface area contributed by atoms with E-state index in [4.69, 9.17) is 17.3 Å². The molecule has 6 heteroatoms. The lowest BCUT2D eigenvalue weighted by atomic mass is 9.94. The van der Waals surface area contributed by atoms with Gasteiger partial charge in [0.05, 0.1) is 5.92 Å². The first-order valence-corrected chi connectivity index (χ1v) is 6.74. The maximum atomic E-state index is 12.1. The molecule has 0 aliphatic rings. The van der Waals surface area contributed by atoms with E-state index in [1.165, 1.54) is 0 Å². The molecule has 1 aromatic carbocycles. The number of halogens is 1. The van der Waals surface area contributed by atoms with E-state index >= 15 is 0 Å². The van der Waals surface area contributed by atoms with E-state index in [0.29, 0.717) is 10.6 Å². The van der Waals surface area contributed by atoms with Gasteiger partial charge in [-0.05, 0) is 12.0 Å². The summed E-state index contributed by atoms with van der Waals surface area (Å²) in [5.74, 6) is -1.94. The molecule has 0 saturated carbocycles. The van der Waals surface area contributed by atoms with Crippen LogP contribution in [-0.4, -0.2) is 23.5 Å². The Balaban J connectivity index is 2.97. The van der Waals surface area contributed by atoms with Crippen molar-refractivity contribution in [3.05, 3.63) is 34.9 Å². The molecule has 1 amide bonds. The maximum Gasteiger partial charge on any atom is 0.330 e. The zero-order valence-electron chi connectivity index (χ0n) is 11.5. The highest BCUT2D eigenvalue weighted by atomic mass is 35.5. The standard InChI is InChI=1S/C14H19ClN2O3/c1-8(2)10(7-16)13(18)17-12(14(19)20)9-5-3-4-6-11(9)15/h3-6,8,10,12H,7,16H2,1-2H3,(H,17,18)(H,19,20)/t10?,12-/m1/s1. The summed E-state index contributed by atoms with van der Waals surface area (Å²) in [6.07, 6.45) is 0. The lowest BCUT2D eigenvalue weighted by Gasteiger charge is -2.22. The SMILES string of the molecule is CC(C)C(CN)C(=O)N[C@@H](C(=O)O)c1ccccc1Cl. The second-order valence-corrected chi connectivity index (χ2v) is 5.29. The number of hydrogen-bond acceptors (Lipinski definition) is 3. The topological polar surface area (TPSA) is 92.4 Å². The molecule has 1 aromatic rings. The fraction of sp³-hybridized carbons (Fsp3) is 0.429. The molecule has 110 valence electrons. The average Bonchev–Trinajstić information content (AvgIpc) is 2.37. The minimum absolute atomic E-state index is 0.0284. The minimum atomic E-state index is -1.18. The van der Waals surface area contributed by atoms with Crippen molar-refractivity contribution >= 4 is 23.5 Å². The van der Waals surface area contributed by atoms with Crippen LogP contribution in [0.3, 0.4) is 0 Å². The summed E-state index contributed by atoms with van der Waals surface area (Å²) in [6, 6.07) is 5.36. The van der Waals surface area contributed by atoms with E-state index in [1.54, 1.807) is 24.3 Å². The summed E-state index contributed by atoms with van der Waals surface area (Å²) in [5, 5.41) is 12.1. The highest BCUT2D eigenvalue weighted by Crippen LogP contribution is 2.23. The Bertz CT molecular complexity index is 491. The van der Waals surface area contributed by atoms with Crippen molar-refractivity contribution in [3.63, 3.8) is 0 Å². The van der Waals surface area contributed by atoms with E-state index < -0.39 is 17.9 Å². The minimum Gasteiger partial charge on any atom is -0.479 e. The molecular weight excluding hydrogens is 280 g/mol. The van der Waals surface area contributed by atoms with Gasteiger partial charge < -0.3 is 16.2 Å². The smallest absolute Gasteiger partial charge is 0.330 e. The summed E-state index contributed by atoms with van der Waals surface area (Å²) in [5.41, 5.74) is 5.92. The molecule has 0 spiro atoms. The molecule has 0 radical (unpaired) electrons. The fourth-order valence-electron chi connectivity index (χ4n) is 1.91. The predicted octanol–water partition coefficient (Wildman–Crippen LogP) is 1.81. The number of nitrogens with two attached hydrogens (primary N) is 1. The second-order valence-electron chi connectivity index (χ2n) is 4.89. The van der Waals surface area contributed by atoms with Crippen LogP contribution in [0, 0.1) is 11.8 Å². The number of carboxylic acid groups (broad SMARTS) is 1. The molecule has 0 aliphatic carbocycles. The maximum absolute atomic E-state index is 12.1. The van der Waals surface area contributed by atoms with Crippen molar-refractivity contribution < 1.29 is 14.7 Å². The van der Waals surface area contributed by atoms with E-state index in [1.807, 2.05) is 13.8 Å². The Labute approximate surface area is 123 Å². The van der Waals surface area contributed by atoms with E-state index in [-0.39, 0.29) is 18.4 Å². The van der Waals surface area contributed by atoms with Gasteiger partial charge in [0, 0.05) is 17.1 Å². The Morgan fingerprint density at radius 1 is 1.35 bits per heavy atom. The number of benzene rings is 1. The molecule has 0 heterocycles. The molecular formula is C14H19ClN2O3. The molecule has 20 heavy (non-hydrogen) atoms. The Morgan fingerprint density at radius 2 is 1.95 bits per heavy atom. The normalized spacial score (nSPS) is 13.8. The Hall–Kier alpha value is -1.59. The van der Waals surface area contributed by atoms with Crippen LogP contribution >= 0.6 is 11.6 Å². The summed E-state index contributed by atoms with van der Waals surface area (Å²) in [6.45, 7) is 3.89. The number of nitrogens with one attached hydrogen (secondary N) is 1. The molecule has 0 aromatic heterocycles.